The summed E-state index contributed by atoms with van der Waals surface area (Å²) in [7, 11) is 0. The Hall–Kier alpha value is -1.32. The van der Waals surface area contributed by atoms with E-state index in [2.05, 4.69) is 10.5 Å². The SMILES string of the molecule is Cc1ccc(/C=N\NC(=O)[C@@H]2[C@@H](C=C(Cl)Cl)C2(C)C)cc1. The Labute approximate surface area is 135 Å². The lowest BCUT2D eigenvalue weighted by atomic mass is 10.1. The summed E-state index contributed by atoms with van der Waals surface area (Å²) >= 11 is 11.3. The Kier molecular flexibility index (Phi) is 4.74. The van der Waals surface area contributed by atoms with E-state index in [4.69, 9.17) is 23.2 Å². The van der Waals surface area contributed by atoms with Crippen LogP contribution in [0.1, 0.15) is 25.0 Å². The van der Waals surface area contributed by atoms with Crippen LogP contribution >= 0.6 is 23.2 Å². The average Bonchev–Trinajstić information content (AvgIpc) is 2.92. The third kappa shape index (κ3) is 3.86. The molecule has 1 aromatic carbocycles. The van der Waals surface area contributed by atoms with Crippen molar-refractivity contribution in [3.8, 4) is 0 Å². The third-order valence-electron chi connectivity index (χ3n) is 3.96. The van der Waals surface area contributed by atoms with Crippen LogP contribution in [0.5, 0.6) is 0 Å². The zero-order chi connectivity index (χ0) is 15.6. The molecule has 2 rings (SSSR count). The third-order valence-corrected chi connectivity index (χ3v) is 4.22. The molecule has 1 aliphatic carbocycles. The second-order valence-electron chi connectivity index (χ2n) is 5.93. The van der Waals surface area contributed by atoms with Crippen molar-refractivity contribution in [2.75, 3.05) is 0 Å². The molecule has 112 valence electrons. The van der Waals surface area contributed by atoms with Gasteiger partial charge in [-0.15, -0.1) is 0 Å². The van der Waals surface area contributed by atoms with Gasteiger partial charge in [0.15, 0.2) is 0 Å². The lowest BCUT2D eigenvalue weighted by Crippen LogP contribution is -2.21. The minimum atomic E-state index is -0.153. The van der Waals surface area contributed by atoms with Gasteiger partial charge in [0.05, 0.1) is 12.1 Å². The van der Waals surface area contributed by atoms with E-state index >= 15 is 0 Å². The predicted molar refractivity (Wildman–Crippen MR) is 87.5 cm³/mol. The number of benzene rings is 1. The highest BCUT2D eigenvalue weighted by Crippen LogP contribution is 2.59. The van der Waals surface area contributed by atoms with Crippen LogP contribution in [0.3, 0.4) is 0 Å². The highest BCUT2D eigenvalue weighted by molar-refractivity contribution is 6.55. The van der Waals surface area contributed by atoms with Crippen molar-refractivity contribution >= 4 is 35.3 Å². The molecule has 1 aliphatic rings. The molecule has 5 heteroatoms. The quantitative estimate of drug-likeness (QED) is 0.659. The van der Waals surface area contributed by atoms with E-state index in [1.165, 1.54) is 5.56 Å². The summed E-state index contributed by atoms with van der Waals surface area (Å²) in [5.41, 5.74) is 4.57. The molecule has 1 aromatic rings. The summed E-state index contributed by atoms with van der Waals surface area (Å²) in [4.78, 5) is 12.1. The number of halogens is 2. The Morgan fingerprint density at radius 1 is 1.29 bits per heavy atom. The van der Waals surface area contributed by atoms with Gasteiger partial charge in [0.1, 0.15) is 4.49 Å². The number of allylic oxidation sites excluding steroid dienone is 1. The molecule has 0 aromatic heterocycles. The van der Waals surface area contributed by atoms with E-state index in [9.17, 15) is 4.79 Å². The van der Waals surface area contributed by atoms with E-state index in [0.717, 1.165) is 5.56 Å². The largest absolute Gasteiger partial charge is 0.273 e. The second-order valence-corrected chi connectivity index (χ2v) is 6.93. The number of rotatable bonds is 4. The molecule has 0 bridgehead atoms. The fourth-order valence-corrected chi connectivity index (χ4v) is 2.79. The van der Waals surface area contributed by atoms with Crippen molar-refractivity contribution in [1.82, 2.24) is 5.43 Å². The van der Waals surface area contributed by atoms with Gasteiger partial charge in [-0.1, -0.05) is 66.9 Å². The zero-order valence-corrected chi connectivity index (χ0v) is 13.7. The van der Waals surface area contributed by atoms with Crippen LogP contribution < -0.4 is 5.43 Å². The van der Waals surface area contributed by atoms with E-state index in [1.807, 2.05) is 45.0 Å². The van der Waals surface area contributed by atoms with Crippen molar-refractivity contribution in [2.24, 2.45) is 22.4 Å². The second kappa shape index (κ2) is 6.20. The summed E-state index contributed by atoms with van der Waals surface area (Å²) < 4.78 is 0.200. The Bertz CT molecular complexity index is 587. The molecular weight excluding hydrogens is 307 g/mol. The maximum atomic E-state index is 12.1. The first-order valence-electron chi connectivity index (χ1n) is 6.75. The maximum absolute atomic E-state index is 12.1. The number of nitrogens with zero attached hydrogens (tertiary/aromatic N) is 1. The molecule has 0 radical (unpaired) electrons. The lowest BCUT2D eigenvalue weighted by molar-refractivity contribution is -0.123. The molecule has 1 N–H and O–H groups in total. The van der Waals surface area contributed by atoms with E-state index in [-0.39, 0.29) is 27.6 Å². The monoisotopic (exact) mass is 324 g/mol. The molecule has 1 saturated carbocycles. The first kappa shape index (κ1) is 16.1. The maximum Gasteiger partial charge on any atom is 0.244 e. The fraction of sp³-hybridized carbons (Fsp3) is 0.375. The van der Waals surface area contributed by atoms with Gasteiger partial charge >= 0.3 is 0 Å². The van der Waals surface area contributed by atoms with Crippen molar-refractivity contribution in [3.05, 3.63) is 46.0 Å². The van der Waals surface area contributed by atoms with Crippen molar-refractivity contribution in [1.29, 1.82) is 0 Å². The van der Waals surface area contributed by atoms with Gasteiger partial charge in [-0.2, -0.15) is 5.10 Å². The van der Waals surface area contributed by atoms with Crippen LogP contribution in [-0.2, 0) is 4.79 Å². The summed E-state index contributed by atoms with van der Waals surface area (Å²) in [6.07, 6.45) is 3.35. The van der Waals surface area contributed by atoms with Gasteiger partial charge in [0, 0.05) is 0 Å². The van der Waals surface area contributed by atoms with E-state index < -0.39 is 0 Å². The minimum Gasteiger partial charge on any atom is -0.273 e. The summed E-state index contributed by atoms with van der Waals surface area (Å²) in [5, 5.41) is 4.00. The Morgan fingerprint density at radius 3 is 2.48 bits per heavy atom. The minimum absolute atomic E-state index is 0.0528. The van der Waals surface area contributed by atoms with Crippen LogP contribution in [0.2, 0.25) is 0 Å². The normalized spacial score (nSPS) is 22.9. The van der Waals surface area contributed by atoms with Gasteiger partial charge in [-0.25, -0.2) is 5.43 Å². The zero-order valence-electron chi connectivity index (χ0n) is 12.2. The van der Waals surface area contributed by atoms with Gasteiger partial charge in [-0.3, -0.25) is 4.79 Å². The number of aryl methyl sites for hydroxylation is 1. The van der Waals surface area contributed by atoms with Crippen LogP contribution in [0.15, 0.2) is 39.9 Å². The molecule has 1 fully saturated rings. The number of carbonyl (C=O) groups excluding carboxylic acids is 1. The summed E-state index contributed by atoms with van der Waals surface area (Å²) in [5.74, 6) is -0.212. The van der Waals surface area contributed by atoms with E-state index in [0.29, 0.717) is 0 Å². The number of hydrogen-bond acceptors (Lipinski definition) is 2. The van der Waals surface area contributed by atoms with Crippen LogP contribution in [0.25, 0.3) is 0 Å². The number of carbonyl (C=O) groups is 1. The summed E-state index contributed by atoms with van der Waals surface area (Å²) in [6.45, 7) is 6.05. The molecule has 0 heterocycles. The molecule has 2 atom stereocenters. The molecule has 0 aliphatic heterocycles. The van der Waals surface area contributed by atoms with Gasteiger partial charge in [0.25, 0.3) is 0 Å². The predicted octanol–water partition coefficient (Wildman–Crippen LogP) is 4.04. The standard InChI is InChI=1S/C16H18Cl2N2O/c1-10-4-6-11(7-5-10)9-19-20-15(21)14-12(8-13(17)18)16(14,2)3/h4-9,12,14H,1-3H3,(H,20,21)/b19-9-/t12-,14+/m1/s1. The molecule has 0 unspecified atom stereocenters. The number of nitrogens with one attached hydrogen (secondary N) is 1. The summed E-state index contributed by atoms with van der Waals surface area (Å²) in [6, 6.07) is 7.89. The molecule has 1 amide bonds. The van der Waals surface area contributed by atoms with Crippen LogP contribution in [0.4, 0.5) is 0 Å². The molecule has 0 spiro atoms. The fourth-order valence-electron chi connectivity index (χ4n) is 2.52. The van der Waals surface area contributed by atoms with Crippen LogP contribution in [0, 0.1) is 24.2 Å². The first-order valence-corrected chi connectivity index (χ1v) is 7.50. The van der Waals surface area contributed by atoms with Gasteiger partial charge in [-0.05, 0) is 29.9 Å². The highest BCUT2D eigenvalue weighted by atomic mass is 35.5. The van der Waals surface area contributed by atoms with Crippen molar-refractivity contribution in [2.45, 2.75) is 20.8 Å². The van der Waals surface area contributed by atoms with Crippen LogP contribution in [-0.4, -0.2) is 12.1 Å². The first-order chi connectivity index (χ1) is 9.82. The lowest BCUT2D eigenvalue weighted by Gasteiger charge is -2.01. The number of hydrogen-bond donors (Lipinski definition) is 1. The Balaban J connectivity index is 1.94. The molecule has 3 nitrogen and oxygen atoms in total. The number of hydrazone groups is 1. The smallest absolute Gasteiger partial charge is 0.244 e. The molecular formula is C16H18Cl2N2O. The highest BCUT2D eigenvalue weighted by Gasteiger charge is 2.60. The van der Waals surface area contributed by atoms with Gasteiger partial charge < -0.3 is 0 Å². The van der Waals surface area contributed by atoms with Gasteiger partial charge in [0.2, 0.25) is 5.91 Å². The Morgan fingerprint density at radius 2 is 1.90 bits per heavy atom. The number of amides is 1. The van der Waals surface area contributed by atoms with Crippen molar-refractivity contribution in [3.63, 3.8) is 0 Å². The topological polar surface area (TPSA) is 41.5 Å². The van der Waals surface area contributed by atoms with E-state index in [1.54, 1.807) is 12.3 Å². The molecule has 21 heavy (non-hydrogen) atoms. The van der Waals surface area contributed by atoms with Crippen molar-refractivity contribution < 1.29 is 4.79 Å². The molecule has 0 saturated heterocycles. The average molecular weight is 325 g/mol.